The number of hydrogen-bond donors (Lipinski definition) is 2. The Kier molecular flexibility index (Phi) is 4.93. The molecule has 0 aliphatic heterocycles. The molecule has 2 N–H and O–H groups in total. The molecule has 0 aliphatic rings. The van der Waals surface area contributed by atoms with Gasteiger partial charge in [-0.1, -0.05) is 23.2 Å². The second kappa shape index (κ2) is 6.68. The zero-order valence-electron chi connectivity index (χ0n) is 10.8. The monoisotopic (exact) mass is 312 g/mol. The standard InChI is InChI=1S/C14H14Cl2N2O2/c1-9(14(19)18-8-10-4-5-17-7-10)20-13-3-2-11(15)6-12(13)16/h2-7,9,17H,8H2,1H3,(H,18,19). The highest BCUT2D eigenvalue weighted by atomic mass is 35.5. The highest BCUT2D eigenvalue weighted by molar-refractivity contribution is 6.35. The number of halogens is 2. The molecule has 1 unspecified atom stereocenters. The molecule has 0 saturated carbocycles. The number of carbonyl (C=O) groups is 1. The number of carbonyl (C=O) groups excluding carboxylic acids is 1. The van der Waals surface area contributed by atoms with Crippen molar-refractivity contribution in [3.8, 4) is 5.75 Å². The minimum atomic E-state index is -0.646. The first-order chi connectivity index (χ1) is 9.56. The lowest BCUT2D eigenvalue weighted by molar-refractivity contribution is -0.127. The van der Waals surface area contributed by atoms with Gasteiger partial charge in [0.25, 0.3) is 5.91 Å². The summed E-state index contributed by atoms with van der Waals surface area (Å²) < 4.78 is 5.52. The van der Waals surface area contributed by atoms with Crippen molar-refractivity contribution in [2.24, 2.45) is 0 Å². The molecule has 2 rings (SSSR count). The molecule has 6 heteroatoms. The van der Waals surface area contributed by atoms with Gasteiger partial charge in [-0.15, -0.1) is 0 Å². The molecular formula is C14H14Cl2N2O2. The zero-order chi connectivity index (χ0) is 14.5. The van der Waals surface area contributed by atoms with E-state index in [1.165, 1.54) is 0 Å². The van der Waals surface area contributed by atoms with Gasteiger partial charge in [-0.25, -0.2) is 0 Å². The maximum Gasteiger partial charge on any atom is 0.261 e. The van der Waals surface area contributed by atoms with E-state index in [4.69, 9.17) is 27.9 Å². The Morgan fingerprint density at radius 3 is 2.85 bits per heavy atom. The molecule has 1 aromatic carbocycles. The van der Waals surface area contributed by atoms with Crippen LogP contribution in [-0.4, -0.2) is 17.0 Å². The second-order valence-corrected chi connectivity index (χ2v) is 5.12. The summed E-state index contributed by atoms with van der Waals surface area (Å²) in [5, 5.41) is 3.68. The summed E-state index contributed by atoms with van der Waals surface area (Å²) >= 11 is 11.8. The number of benzene rings is 1. The topological polar surface area (TPSA) is 54.1 Å². The van der Waals surface area contributed by atoms with Gasteiger partial charge in [0.2, 0.25) is 0 Å². The molecular weight excluding hydrogens is 299 g/mol. The first-order valence-corrected chi connectivity index (χ1v) is 6.83. The van der Waals surface area contributed by atoms with Crippen LogP contribution < -0.4 is 10.1 Å². The van der Waals surface area contributed by atoms with Crippen molar-refractivity contribution in [2.45, 2.75) is 19.6 Å². The summed E-state index contributed by atoms with van der Waals surface area (Å²) in [6.45, 7) is 2.11. The number of aromatic amines is 1. The third kappa shape index (κ3) is 3.92. The third-order valence-corrected chi connectivity index (χ3v) is 3.23. The van der Waals surface area contributed by atoms with E-state index in [1.807, 2.05) is 12.3 Å². The Morgan fingerprint density at radius 1 is 1.40 bits per heavy atom. The van der Waals surface area contributed by atoms with E-state index in [9.17, 15) is 4.79 Å². The van der Waals surface area contributed by atoms with Crippen LogP contribution in [0, 0.1) is 0 Å². The van der Waals surface area contributed by atoms with Gasteiger partial charge >= 0.3 is 0 Å². The second-order valence-electron chi connectivity index (χ2n) is 4.27. The number of nitrogens with one attached hydrogen (secondary N) is 2. The van der Waals surface area contributed by atoms with Crippen molar-refractivity contribution in [3.05, 3.63) is 52.3 Å². The molecule has 0 spiro atoms. The summed E-state index contributed by atoms with van der Waals surface area (Å²) in [7, 11) is 0. The van der Waals surface area contributed by atoms with Crippen molar-refractivity contribution < 1.29 is 9.53 Å². The number of H-pyrrole nitrogens is 1. The quantitative estimate of drug-likeness (QED) is 0.889. The van der Waals surface area contributed by atoms with Gasteiger partial charge in [-0.05, 0) is 36.8 Å². The number of hydrogen-bond acceptors (Lipinski definition) is 2. The van der Waals surface area contributed by atoms with E-state index in [-0.39, 0.29) is 5.91 Å². The fourth-order valence-corrected chi connectivity index (χ4v) is 2.07. The normalized spacial score (nSPS) is 11.9. The van der Waals surface area contributed by atoms with Crippen LogP contribution in [0.3, 0.4) is 0 Å². The first kappa shape index (κ1) is 14.8. The number of rotatable bonds is 5. The van der Waals surface area contributed by atoms with Crippen molar-refractivity contribution >= 4 is 29.1 Å². The minimum absolute atomic E-state index is 0.211. The largest absolute Gasteiger partial charge is 0.479 e. The molecule has 1 aromatic heterocycles. The lowest BCUT2D eigenvalue weighted by atomic mass is 10.3. The lowest BCUT2D eigenvalue weighted by Crippen LogP contribution is -2.35. The molecule has 106 valence electrons. The Labute approximate surface area is 127 Å². The van der Waals surface area contributed by atoms with Crippen LogP contribution in [0.4, 0.5) is 0 Å². The van der Waals surface area contributed by atoms with Crippen LogP contribution in [-0.2, 0) is 11.3 Å². The number of amides is 1. The number of aromatic nitrogens is 1. The van der Waals surface area contributed by atoms with Crippen LogP contribution in [0.15, 0.2) is 36.7 Å². The highest BCUT2D eigenvalue weighted by Gasteiger charge is 2.15. The highest BCUT2D eigenvalue weighted by Crippen LogP contribution is 2.28. The van der Waals surface area contributed by atoms with Gasteiger partial charge in [0, 0.05) is 24.0 Å². The fourth-order valence-electron chi connectivity index (χ4n) is 1.62. The van der Waals surface area contributed by atoms with Gasteiger partial charge in [-0.2, -0.15) is 0 Å². The smallest absolute Gasteiger partial charge is 0.261 e. The Balaban J connectivity index is 1.90. The predicted molar refractivity (Wildman–Crippen MR) is 79.2 cm³/mol. The Hall–Kier alpha value is -1.65. The Bertz CT molecular complexity index is 585. The van der Waals surface area contributed by atoms with E-state index in [1.54, 1.807) is 31.3 Å². The molecule has 1 atom stereocenters. The zero-order valence-corrected chi connectivity index (χ0v) is 12.3. The van der Waals surface area contributed by atoms with E-state index in [0.717, 1.165) is 5.56 Å². The van der Waals surface area contributed by atoms with Crippen molar-refractivity contribution in [3.63, 3.8) is 0 Å². The van der Waals surface area contributed by atoms with Gasteiger partial charge in [0.05, 0.1) is 5.02 Å². The number of ether oxygens (including phenoxy) is 1. The van der Waals surface area contributed by atoms with Crippen LogP contribution in [0.25, 0.3) is 0 Å². The molecule has 0 saturated heterocycles. The van der Waals surface area contributed by atoms with E-state index in [0.29, 0.717) is 22.3 Å². The van der Waals surface area contributed by atoms with Crippen molar-refractivity contribution in [1.82, 2.24) is 10.3 Å². The van der Waals surface area contributed by atoms with Gasteiger partial charge in [0.1, 0.15) is 5.75 Å². The maximum absolute atomic E-state index is 11.9. The van der Waals surface area contributed by atoms with Crippen LogP contribution in [0.1, 0.15) is 12.5 Å². The summed E-state index contributed by atoms with van der Waals surface area (Å²) in [5.74, 6) is 0.220. The summed E-state index contributed by atoms with van der Waals surface area (Å²) in [6.07, 6.45) is 2.98. The molecule has 1 amide bonds. The molecule has 1 heterocycles. The SMILES string of the molecule is CC(Oc1ccc(Cl)cc1Cl)C(=O)NCc1cc[nH]c1. The van der Waals surface area contributed by atoms with Crippen molar-refractivity contribution in [1.29, 1.82) is 0 Å². The minimum Gasteiger partial charge on any atom is -0.479 e. The van der Waals surface area contributed by atoms with Gasteiger partial charge < -0.3 is 15.0 Å². The predicted octanol–water partition coefficient (Wildman–Crippen LogP) is 3.41. The third-order valence-electron chi connectivity index (χ3n) is 2.70. The van der Waals surface area contributed by atoms with E-state index < -0.39 is 6.10 Å². The summed E-state index contributed by atoms with van der Waals surface area (Å²) in [5.41, 5.74) is 0.995. The van der Waals surface area contributed by atoms with Crippen LogP contribution >= 0.6 is 23.2 Å². The van der Waals surface area contributed by atoms with Gasteiger partial charge in [0.15, 0.2) is 6.10 Å². The van der Waals surface area contributed by atoms with Gasteiger partial charge in [-0.3, -0.25) is 4.79 Å². The molecule has 4 nitrogen and oxygen atoms in total. The maximum atomic E-state index is 11.9. The summed E-state index contributed by atoms with van der Waals surface area (Å²) in [4.78, 5) is 14.8. The average Bonchev–Trinajstić information content (AvgIpc) is 2.92. The van der Waals surface area contributed by atoms with Crippen LogP contribution in [0.5, 0.6) is 5.75 Å². The lowest BCUT2D eigenvalue weighted by Gasteiger charge is -2.15. The molecule has 0 radical (unpaired) electrons. The first-order valence-electron chi connectivity index (χ1n) is 6.07. The van der Waals surface area contributed by atoms with Crippen molar-refractivity contribution in [2.75, 3.05) is 0 Å². The summed E-state index contributed by atoms with van der Waals surface area (Å²) in [6, 6.07) is 6.76. The molecule has 20 heavy (non-hydrogen) atoms. The van der Waals surface area contributed by atoms with Crippen LogP contribution in [0.2, 0.25) is 10.0 Å². The Morgan fingerprint density at radius 2 is 2.20 bits per heavy atom. The van der Waals surface area contributed by atoms with E-state index in [2.05, 4.69) is 10.3 Å². The molecule has 0 bridgehead atoms. The fraction of sp³-hybridized carbons (Fsp3) is 0.214. The average molecular weight is 313 g/mol. The van der Waals surface area contributed by atoms with E-state index >= 15 is 0 Å². The molecule has 0 fully saturated rings. The molecule has 0 aliphatic carbocycles. The molecule has 2 aromatic rings.